The summed E-state index contributed by atoms with van der Waals surface area (Å²) in [6.45, 7) is 0. The Hall–Kier alpha value is 1.81. The Bertz CT molecular complexity index is 22.4. The maximum absolute atomic E-state index is 4.97. The van der Waals surface area contributed by atoms with Crippen LogP contribution in [0.15, 0.2) is 0 Å². The molecule has 0 radical (unpaired) electrons. The lowest BCUT2D eigenvalue weighted by atomic mass is 27.1. The minimum Gasteiger partial charge on any atom is -0.110 e. The quantitative estimate of drug-likeness (QED) is 0.407. The summed E-state index contributed by atoms with van der Waals surface area (Å²) in [5, 5.41) is -2.72. The Morgan fingerprint density at radius 1 is 0.857 bits per heavy atom. The van der Waals surface area contributed by atoms with Crippen LogP contribution in [0.4, 0.5) is 0 Å². The lowest BCUT2D eigenvalue weighted by Gasteiger charge is -1.85. The number of hydrogen-bond acceptors (Lipinski definition) is 0. The predicted molar refractivity (Wildman–Crippen MR) is 49.0 cm³/mol. The standard InChI is InChI=1S/Cl4Si.H6Si2/c1-5(2,3)4;1-2/h;1-2H3. The Morgan fingerprint density at radius 2 is 0.857 bits per heavy atom. The van der Waals surface area contributed by atoms with Gasteiger partial charge in [0.25, 0.3) is 0 Å². The van der Waals surface area contributed by atoms with Gasteiger partial charge in [-0.15, -0.1) is 44.3 Å². The molecular weight excluding hydrogens is 226 g/mol. The van der Waals surface area contributed by atoms with Crippen LogP contribution in [0.5, 0.6) is 0 Å². The van der Waals surface area contributed by atoms with Crippen LogP contribution in [0.2, 0.25) is 0 Å². The molecule has 0 bridgehead atoms. The van der Waals surface area contributed by atoms with Gasteiger partial charge in [-0.2, -0.15) is 0 Å². The van der Waals surface area contributed by atoms with Crippen LogP contribution in [-0.4, -0.2) is 24.8 Å². The monoisotopic (exact) mass is 230 g/mol. The maximum atomic E-state index is 4.97. The Balaban J connectivity index is 0. The fraction of sp³-hybridized carbons (Fsp3) is 0. The summed E-state index contributed by atoms with van der Waals surface area (Å²) in [6.07, 6.45) is 0. The molecule has 0 saturated carbocycles. The van der Waals surface area contributed by atoms with Crippen molar-refractivity contribution in [3.05, 3.63) is 0 Å². The first-order valence-corrected chi connectivity index (χ1v) is 15.8. The summed E-state index contributed by atoms with van der Waals surface area (Å²) in [6, 6.07) is 0. The van der Waals surface area contributed by atoms with Crippen molar-refractivity contribution in [3.8, 4) is 0 Å². The first kappa shape index (κ1) is 11.6. The van der Waals surface area contributed by atoms with Crippen molar-refractivity contribution in [1.82, 2.24) is 0 Å². The van der Waals surface area contributed by atoms with Crippen molar-refractivity contribution in [2.45, 2.75) is 0 Å². The van der Waals surface area contributed by atoms with E-state index in [-0.39, 0.29) is 0 Å². The van der Waals surface area contributed by atoms with Crippen LogP contribution < -0.4 is 0 Å². The normalized spacial score (nSPS) is 10.3. The minimum absolute atomic E-state index is 1.44. The van der Waals surface area contributed by atoms with Gasteiger partial charge in [0.15, 0.2) is 0 Å². The predicted octanol–water partition coefficient (Wildman–Crippen LogP) is 0.00940. The summed E-state index contributed by atoms with van der Waals surface area (Å²) in [5.74, 6) is 0. The summed E-state index contributed by atoms with van der Waals surface area (Å²) in [5.41, 5.74) is 0. The lowest BCUT2D eigenvalue weighted by Crippen LogP contribution is -1.91. The molecular formula is H6Cl4Si3. The van der Waals surface area contributed by atoms with Crippen LogP contribution in [0.3, 0.4) is 0 Å². The molecule has 0 aliphatic heterocycles. The number of rotatable bonds is 0. The molecule has 46 valence electrons. The summed E-state index contributed by atoms with van der Waals surface area (Å²) < 4.78 is 0. The average Bonchev–Trinajstić information content (AvgIpc) is 1.36. The second-order valence-corrected chi connectivity index (χ2v) is 11.6. The molecule has 0 saturated heterocycles. The zero-order valence-electron chi connectivity index (χ0n) is 4.01. The van der Waals surface area contributed by atoms with Crippen LogP contribution in [0, 0.1) is 0 Å². The third kappa shape index (κ3) is 80.4. The molecule has 0 fully saturated rings. The summed E-state index contributed by atoms with van der Waals surface area (Å²) in [4.78, 5) is 0. The Labute approximate surface area is 68.9 Å². The van der Waals surface area contributed by atoms with Crippen molar-refractivity contribution in [2.75, 3.05) is 0 Å². The third-order valence-electron chi connectivity index (χ3n) is 0. The molecule has 0 spiro atoms. The Morgan fingerprint density at radius 3 is 0.857 bits per heavy atom. The number of halogens is 4. The van der Waals surface area contributed by atoms with Crippen molar-refractivity contribution in [3.63, 3.8) is 0 Å². The number of hydrogen-bond donors (Lipinski definition) is 0. The van der Waals surface area contributed by atoms with E-state index < -0.39 is 5.31 Å². The molecule has 7 heteroatoms. The highest BCUT2D eigenvalue weighted by Gasteiger charge is 2.19. The van der Waals surface area contributed by atoms with Gasteiger partial charge in [0.1, 0.15) is 0 Å². The highest BCUT2D eigenvalue weighted by Crippen LogP contribution is 2.23. The molecule has 0 unspecified atom stereocenters. The molecule has 0 aromatic rings. The smallest absolute Gasteiger partial charge is 0.110 e. The molecule has 0 N–H and O–H groups in total. The van der Waals surface area contributed by atoms with Gasteiger partial charge in [-0.1, -0.05) is 0 Å². The maximum Gasteiger partial charge on any atom is 0.440 e. The zero-order valence-corrected chi connectivity index (χ0v) is 12.0. The Kier molecular flexibility index (Phi) is 9.83. The van der Waals surface area contributed by atoms with Gasteiger partial charge in [-0.25, -0.2) is 0 Å². The van der Waals surface area contributed by atoms with Gasteiger partial charge >= 0.3 is 5.31 Å². The van der Waals surface area contributed by atoms with E-state index in [4.69, 9.17) is 44.3 Å². The van der Waals surface area contributed by atoms with E-state index in [9.17, 15) is 0 Å². The van der Waals surface area contributed by atoms with Gasteiger partial charge in [0.05, 0.1) is 0 Å². The molecule has 0 aliphatic rings. The van der Waals surface area contributed by atoms with Crippen LogP contribution in [0.1, 0.15) is 0 Å². The topological polar surface area (TPSA) is 0 Å². The largest absolute Gasteiger partial charge is 0.440 e. The molecule has 0 amide bonds. The third-order valence-corrected chi connectivity index (χ3v) is 0. The fourth-order valence-corrected chi connectivity index (χ4v) is 0. The van der Waals surface area contributed by atoms with Crippen molar-refractivity contribution in [2.24, 2.45) is 0 Å². The van der Waals surface area contributed by atoms with Crippen LogP contribution in [-0.2, 0) is 0 Å². The van der Waals surface area contributed by atoms with Gasteiger partial charge in [-0.3, -0.25) is 0 Å². The van der Waals surface area contributed by atoms with E-state index in [0.717, 1.165) is 0 Å². The molecule has 0 aliphatic carbocycles. The van der Waals surface area contributed by atoms with E-state index in [1.807, 2.05) is 0 Å². The first-order chi connectivity index (χ1) is 3.00. The molecule has 0 aromatic heterocycles. The van der Waals surface area contributed by atoms with Gasteiger partial charge in [-0.05, 0) is 19.5 Å². The molecule has 7 heavy (non-hydrogen) atoms. The van der Waals surface area contributed by atoms with Crippen molar-refractivity contribution in [1.29, 1.82) is 0 Å². The summed E-state index contributed by atoms with van der Waals surface area (Å²) in [7, 11) is 2.89. The van der Waals surface area contributed by atoms with E-state index >= 15 is 0 Å². The van der Waals surface area contributed by atoms with Gasteiger partial charge < -0.3 is 0 Å². The summed E-state index contributed by atoms with van der Waals surface area (Å²) >= 11 is 19.9. The average molecular weight is 232 g/mol. The van der Waals surface area contributed by atoms with Gasteiger partial charge in [0, 0.05) is 0 Å². The molecule has 0 atom stereocenters. The molecule has 0 nitrogen and oxygen atoms in total. The minimum atomic E-state index is -2.72. The van der Waals surface area contributed by atoms with Gasteiger partial charge in [0.2, 0.25) is 0 Å². The molecule has 0 rings (SSSR count). The molecule has 0 aromatic carbocycles. The van der Waals surface area contributed by atoms with Crippen molar-refractivity contribution < 1.29 is 0 Å². The fourth-order valence-electron chi connectivity index (χ4n) is 0. The van der Waals surface area contributed by atoms with Crippen LogP contribution in [0.25, 0.3) is 0 Å². The molecule has 0 heterocycles. The first-order valence-electron chi connectivity index (χ1n) is 1.76. The highest BCUT2D eigenvalue weighted by molar-refractivity contribution is 7.81. The SMILES string of the molecule is Cl[Si](Cl)(Cl)Cl.[SiH3][SiH3]. The second-order valence-electron chi connectivity index (χ2n) is 0.429. The van der Waals surface area contributed by atoms with E-state index in [2.05, 4.69) is 0 Å². The van der Waals surface area contributed by atoms with Crippen molar-refractivity contribution >= 4 is 69.1 Å². The zero-order chi connectivity index (χ0) is 6.50. The van der Waals surface area contributed by atoms with E-state index in [1.54, 1.807) is 0 Å². The second kappa shape index (κ2) is 5.94. The lowest BCUT2D eigenvalue weighted by molar-refractivity contribution is 3.80. The highest BCUT2D eigenvalue weighted by atomic mass is 36.0. The van der Waals surface area contributed by atoms with Crippen LogP contribution >= 0.6 is 44.3 Å². The van der Waals surface area contributed by atoms with E-state index in [0.29, 0.717) is 0 Å². The van der Waals surface area contributed by atoms with E-state index in [1.165, 1.54) is 19.5 Å².